The van der Waals surface area contributed by atoms with Crippen molar-refractivity contribution in [2.45, 2.75) is 12.3 Å². The number of ether oxygens (including phenoxy) is 2. The lowest BCUT2D eigenvalue weighted by Crippen LogP contribution is -2.36. The van der Waals surface area contributed by atoms with Crippen LogP contribution in [0.2, 0.25) is 0 Å². The molecule has 1 atom stereocenters. The van der Waals surface area contributed by atoms with E-state index in [9.17, 15) is 14.4 Å². The SMILES string of the molecule is COc1cc(/C=N\NC(=O)CN2C[C@@H](c3ccccc3)CC2=O)ccc1OC(=O)N(C)C. The summed E-state index contributed by atoms with van der Waals surface area (Å²) in [6.45, 7) is 0.451. The van der Waals surface area contributed by atoms with E-state index in [1.165, 1.54) is 18.2 Å². The number of benzene rings is 2. The van der Waals surface area contributed by atoms with Crippen molar-refractivity contribution in [3.63, 3.8) is 0 Å². The lowest BCUT2D eigenvalue weighted by Gasteiger charge is -2.15. The highest BCUT2D eigenvalue weighted by Gasteiger charge is 2.31. The number of likely N-dealkylation sites (tertiary alicyclic amines) is 1. The van der Waals surface area contributed by atoms with E-state index < -0.39 is 6.09 Å². The van der Waals surface area contributed by atoms with Crippen molar-refractivity contribution < 1.29 is 23.9 Å². The average Bonchev–Trinajstić information content (AvgIpc) is 3.15. The third kappa shape index (κ3) is 5.84. The van der Waals surface area contributed by atoms with Crippen molar-refractivity contribution >= 4 is 24.1 Å². The van der Waals surface area contributed by atoms with Gasteiger partial charge in [-0.25, -0.2) is 10.2 Å². The number of carbonyl (C=O) groups excluding carboxylic acids is 3. The summed E-state index contributed by atoms with van der Waals surface area (Å²) in [5.41, 5.74) is 4.16. The molecule has 32 heavy (non-hydrogen) atoms. The van der Waals surface area contributed by atoms with Crippen molar-refractivity contribution in [1.82, 2.24) is 15.2 Å². The first-order chi connectivity index (χ1) is 15.4. The first-order valence-corrected chi connectivity index (χ1v) is 10.1. The number of nitrogens with zero attached hydrogens (tertiary/aromatic N) is 3. The lowest BCUT2D eigenvalue weighted by molar-refractivity contribution is -0.133. The molecule has 1 N–H and O–H groups in total. The highest BCUT2D eigenvalue weighted by Crippen LogP contribution is 2.28. The molecule has 1 aliphatic heterocycles. The Kier molecular flexibility index (Phi) is 7.43. The van der Waals surface area contributed by atoms with Gasteiger partial charge in [0.25, 0.3) is 5.91 Å². The quantitative estimate of drug-likeness (QED) is 0.528. The van der Waals surface area contributed by atoms with Crippen molar-refractivity contribution in [1.29, 1.82) is 0 Å². The molecule has 1 saturated heterocycles. The summed E-state index contributed by atoms with van der Waals surface area (Å²) in [5, 5.41) is 3.95. The average molecular weight is 438 g/mol. The van der Waals surface area contributed by atoms with Gasteiger partial charge in [0.05, 0.1) is 13.3 Å². The maximum absolute atomic E-state index is 12.3. The van der Waals surface area contributed by atoms with Gasteiger partial charge in [-0.05, 0) is 29.3 Å². The van der Waals surface area contributed by atoms with Gasteiger partial charge in [-0.1, -0.05) is 30.3 Å². The number of carbonyl (C=O) groups is 3. The van der Waals surface area contributed by atoms with Crippen LogP contribution in [0.5, 0.6) is 11.5 Å². The lowest BCUT2D eigenvalue weighted by atomic mass is 9.99. The molecular weight excluding hydrogens is 412 g/mol. The molecule has 1 aliphatic rings. The molecule has 0 saturated carbocycles. The molecule has 3 amide bonds. The Labute approximate surface area is 186 Å². The van der Waals surface area contributed by atoms with Crippen molar-refractivity contribution in [3.8, 4) is 11.5 Å². The van der Waals surface area contributed by atoms with Crippen LogP contribution in [-0.4, -0.2) is 68.2 Å². The summed E-state index contributed by atoms with van der Waals surface area (Å²) >= 11 is 0. The molecule has 9 heteroatoms. The predicted octanol–water partition coefficient (Wildman–Crippen LogP) is 2.22. The zero-order valence-corrected chi connectivity index (χ0v) is 18.3. The second kappa shape index (κ2) is 10.4. The first kappa shape index (κ1) is 22.8. The smallest absolute Gasteiger partial charge is 0.414 e. The fourth-order valence-electron chi connectivity index (χ4n) is 3.30. The Hall–Kier alpha value is -3.88. The fraction of sp³-hybridized carbons (Fsp3) is 0.304. The van der Waals surface area contributed by atoms with Gasteiger partial charge in [0.1, 0.15) is 6.54 Å². The van der Waals surface area contributed by atoms with Gasteiger partial charge in [0, 0.05) is 33.0 Å². The van der Waals surface area contributed by atoms with E-state index in [1.807, 2.05) is 30.3 Å². The third-order valence-electron chi connectivity index (χ3n) is 4.97. The standard InChI is InChI=1S/C23H26N4O5/c1-26(2)23(30)32-19-10-9-16(11-20(19)31-3)13-24-25-21(28)15-27-14-18(12-22(27)29)17-7-5-4-6-8-17/h4-11,13,18H,12,14-15H2,1-3H3,(H,25,28)/b24-13-/t18-/m0/s1. The Morgan fingerprint density at radius 2 is 1.94 bits per heavy atom. The van der Waals surface area contributed by atoms with Crippen LogP contribution in [0.4, 0.5) is 4.79 Å². The molecule has 0 radical (unpaired) electrons. The minimum atomic E-state index is -0.525. The Bertz CT molecular complexity index is 1010. The number of hydrazone groups is 1. The number of nitrogens with one attached hydrogen (secondary N) is 1. The van der Waals surface area contributed by atoms with Crippen LogP contribution in [0.3, 0.4) is 0 Å². The summed E-state index contributed by atoms with van der Waals surface area (Å²) in [7, 11) is 4.62. The minimum absolute atomic E-state index is 0.0504. The van der Waals surface area contributed by atoms with Crippen LogP contribution < -0.4 is 14.9 Å². The summed E-state index contributed by atoms with van der Waals surface area (Å²) < 4.78 is 10.5. The van der Waals surface area contributed by atoms with E-state index >= 15 is 0 Å². The zero-order valence-electron chi connectivity index (χ0n) is 18.3. The number of hydrogen-bond donors (Lipinski definition) is 1. The monoisotopic (exact) mass is 438 g/mol. The third-order valence-corrected chi connectivity index (χ3v) is 4.97. The fourth-order valence-corrected chi connectivity index (χ4v) is 3.30. The Morgan fingerprint density at radius 3 is 2.62 bits per heavy atom. The topological polar surface area (TPSA) is 101 Å². The molecule has 0 unspecified atom stereocenters. The highest BCUT2D eigenvalue weighted by molar-refractivity contribution is 5.88. The predicted molar refractivity (Wildman–Crippen MR) is 119 cm³/mol. The van der Waals surface area contributed by atoms with Crippen LogP contribution >= 0.6 is 0 Å². The molecule has 0 aliphatic carbocycles. The van der Waals surface area contributed by atoms with Crippen molar-refractivity contribution in [2.24, 2.45) is 5.10 Å². The molecular formula is C23H26N4O5. The van der Waals surface area contributed by atoms with Crippen LogP contribution in [0.15, 0.2) is 53.6 Å². The molecule has 0 spiro atoms. The Balaban J connectivity index is 1.54. The normalized spacial score (nSPS) is 15.7. The van der Waals surface area contributed by atoms with E-state index in [1.54, 1.807) is 37.2 Å². The Morgan fingerprint density at radius 1 is 1.19 bits per heavy atom. The van der Waals surface area contributed by atoms with E-state index in [0.717, 1.165) is 5.56 Å². The van der Waals surface area contributed by atoms with Gasteiger partial charge >= 0.3 is 6.09 Å². The van der Waals surface area contributed by atoms with E-state index in [0.29, 0.717) is 24.3 Å². The maximum Gasteiger partial charge on any atom is 0.414 e. The summed E-state index contributed by atoms with van der Waals surface area (Å²) in [5.74, 6) is 0.281. The number of hydrogen-bond acceptors (Lipinski definition) is 6. The van der Waals surface area contributed by atoms with Crippen LogP contribution in [0.25, 0.3) is 0 Å². The summed E-state index contributed by atoms with van der Waals surface area (Å²) in [6, 6.07) is 14.7. The van der Waals surface area contributed by atoms with E-state index in [4.69, 9.17) is 9.47 Å². The van der Waals surface area contributed by atoms with Crippen LogP contribution in [0.1, 0.15) is 23.5 Å². The number of amides is 3. The zero-order chi connectivity index (χ0) is 23.1. The maximum atomic E-state index is 12.3. The van der Waals surface area contributed by atoms with Gasteiger partial charge in [0.15, 0.2) is 11.5 Å². The van der Waals surface area contributed by atoms with Gasteiger partial charge < -0.3 is 19.3 Å². The summed E-state index contributed by atoms with van der Waals surface area (Å²) in [4.78, 5) is 39.1. The number of rotatable bonds is 7. The second-order valence-corrected chi connectivity index (χ2v) is 7.55. The van der Waals surface area contributed by atoms with Gasteiger partial charge in [-0.2, -0.15) is 5.10 Å². The number of methoxy groups -OCH3 is 1. The van der Waals surface area contributed by atoms with Crippen LogP contribution in [0, 0.1) is 0 Å². The molecule has 1 heterocycles. The van der Waals surface area contributed by atoms with Crippen molar-refractivity contribution in [3.05, 3.63) is 59.7 Å². The minimum Gasteiger partial charge on any atom is -0.493 e. The van der Waals surface area contributed by atoms with Gasteiger partial charge in [-0.3, -0.25) is 9.59 Å². The molecule has 0 bridgehead atoms. The molecule has 3 rings (SSSR count). The molecule has 0 aromatic heterocycles. The van der Waals surface area contributed by atoms with Crippen LogP contribution in [-0.2, 0) is 9.59 Å². The van der Waals surface area contributed by atoms with Crippen molar-refractivity contribution in [2.75, 3.05) is 34.3 Å². The van der Waals surface area contributed by atoms with Gasteiger partial charge in [0.2, 0.25) is 5.91 Å². The first-order valence-electron chi connectivity index (χ1n) is 10.1. The van der Waals surface area contributed by atoms with Gasteiger partial charge in [-0.15, -0.1) is 0 Å². The molecule has 2 aromatic rings. The summed E-state index contributed by atoms with van der Waals surface area (Å²) in [6.07, 6.45) is 1.31. The molecule has 168 valence electrons. The largest absolute Gasteiger partial charge is 0.493 e. The second-order valence-electron chi connectivity index (χ2n) is 7.55. The molecule has 1 fully saturated rings. The highest BCUT2D eigenvalue weighted by atomic mass is 16.6. The van der Waals surface area contributed by atoms with E-state index in [-0.39, 0.29) is 30.0 Å². The van der Waals surface area contributed by atoms with E-state index in [2.05, 4.69) is 10.5 Å². The molecule has 2 aromatic carbocycles. The molecule has 9 nitrogen and oxygen atoms in total.